The van der Waals surface area contributed by atoms with Gasteiger partial charge in [-0.15, -0.1) is 0 Å². The molecule has 0 bridgehead atoms. The predicted molar refractivity (Wildman–Crippen MR) is 80.9 cm³/mol. The number of fused-ring (bicyclic) bond motifs is 1. The molecule has 3 N–H and O–H groups in total. The van der Waals surface area contributed by atoms with Gasteiger partial charge in [0, 0.05) is 28.9 Å². The number of nitrogens with two attached hydrogens (primary N) is 1. The Morgan fingerprint density at radius 2 is 2.11 bits per heavy atom. The van der Waals surface area contributed by atoms with Crippen LogP contribution in [0.2, 0.25) is 0 Å². The molecule has 0 aliphatic heterocycles. The number of rotatable bonds is 3. The number of hydrogen-bond donors (Lipinski definition) is 2. The molecule has 0 saturated heterocycles. The number of nitrogens with zero attached hydrogens (tertiary/aromatic N) is 1. The number of nitrogens with one attached hydrogen (secondary N) is 1. The zero-order valence-electron chi connectivity index (χ0n) is 10.8. The summed E-state index contributed by atoms with van der Waals surface area (Å²) in [6, 6.07) is 7.51. The van der Waals surface area contributed by atoms with Crippen molar-refractivity contribution in [3.8, 4) is 0 Å². The molecule has 0 aliphatic rings. The summed E-state index contributed by atoms with van der Waals surface area (Å²) in [5.41, 5.74) is 5.44. The van der Waals surface area contributed by atoms with E-state index >= 15 is 0 Å². The SMILES string of the molecule is CC(C)(C(=O)Nc1cccc2cnccc12)C(N)=S. The number of pyridine rings is 1. The van der Waals surface area contributed by atoms with Crippen molar-refractivity contribution in [1.29, 1.82) is 0 Å². The zero-order chi connectivity index (χ0) is 14.0. The number of anilines is 1. The molecule has 1 aromatic carbocycles. The number of carbonyl (C=O) groups is 1. The molecule has 0 spiro atoms. The summed E-state index contributed by atoms with van der Waals surface area (Å²) in [6.45, 7) is 3.41. The number of aromatic nitrogens is 1. The van der Waals surface area contributed by atoms with Gasteiger partial charge in [0.1, 0.15) is 0 Å². The fourth-order valence-corrected chi connectivity index (χ4v) is 1.71. The second-order valence-corrected chi connectivity index (χ2v) is 5.29. The minimum absolute atomic E-state index is 0.173. The lowest BCUT2D eigenvalue weighted by Gasteiger charge is -2.22. The highest BCUT2D eigenvalue weighted by Crippen LogP contribution is 2.25. The molecule has 1 amide bonds. The molecular weight excluding hydrogens is 258 g/mol. The number of carbonyl (C=O) groups excluding carboxylic acids is 1. The van der Waals surface area contributed by atoms with Gasteiger partial charge < -0.3 is 11.1 Å². The van der Waals surface area contributed by atoms with Gasteiger partial charge in [0.05, 0.1) is 10.4 Å². The molecule has 0 atom stereocenters. The highest BCUT2D eigenvalue weighted by Gasteiger charge is 2.31. The van der Waals surface area contributed by atoms with Gasteiger partial charge in [0.15, 0.2) is 0 Å². The van der Waals surface area contributed by atoms with Crippen LogP contribution >= 0.6 is 12.2 Å². The van der Waals surface area contributed by atoms with Gasteiger partial charge in [-0.25, -0.2) is 0 Å². The van der Waals surface area contributed by atoms with E-state index in [9.17, 15) is 4.79 Å². The van der Waals surface area contributed by atoms with Crippen molar-refractivity contribution in [1.82, 2.24) is 4.98 Å². The number of amides is 1. The van der Waals surface area contributed by atoms with Crippen molar-refractivity contribution in [2.75, 3.05) is 5.32 Å². The van der Waals surface area contributed by atoms with E-state index in [0.29, 0.717) is 0 Å². The van der Waals surface area contributed by atoms with Crippen molar-refractivity contribution < 1.29 is 4.79 Å². The quantitative estimate of drug-likeness (QED) is 0.843. The Labute approximate surface area is 117 Å². The molecule has 4 nitrogen and oxygen atoms in total. The van der Waals surface area contributed by atoms with E-state index in [-0.39, 0.29) is 10.9 Å². The monoisotopic (exact) mass is 273 g/mol. The first kappa shape index (κ1) is 13.4. The van der Waals surface area contributed by atoms with Crippen molar-refractivity contribution in [3.63, 3.8) is 0 Å². The number of hydrogen-bond acceptors (Lipinski definition) is 3. The summed E-state index contributed by atoms with van der Waals surface area (Å²) < 4.78 is 0. The number of thiocarbonyl (C=S) groups is 1. The summed E-state index contributed by atoms with van der Waals surface area (Å²) in [5.74, 6) is -0.218. The normalized spacial score (nSPS) is 11.3. The van der Waals surface area contributed by atoms with Gasteiger partial charge in [-0.3, -0.25) is 9.78 Å². The summed E-state index contributed by atoms with van der Waals surface area (Å²) in [7, 11) is 0. The first-order chi connectivity index (χ1) is 8.93. The largest absolute Gasteiger partial charge is 0.392 e. The van der Waals surface area contributed by atoms with Crippen molar-refractivity contribution in [3.05, 3.63) is 36.7 Å². The lowest BCUT2D eigenvalue weighted by molar-refractivity contribution is -0.121. The van der Waals surface area contributed by atoms with Gasteiger partial charge in [-0.2, -0.15) is 0 Å². The van der Waals surface area contributed by atoms with Crippen molar-refractivity contribution in [2.45, 2.75) is 13.8 Å². The molecule has 0 fully saturated rings. The molecule has 0 unspecified atom stereocenters. The van der Waals surface area contributed by atoms with Gasteiger partial charge in [0.2, 0.25) is 5.91 Å². The topological polar surface area (TPSA) is 68.0 Å². The second kappa shape index (κ2) is 4.93. The Bertz CT molecular complexity index is 647. The Kier molecular flexibility index (Phi) is 3.48. The first-order valence-electron chi connectivity index (χ1n) is 5.87. The van der Waals surface area contributed by atoms with Crippen LogP contribution in [0, 0.1) is 5.41 Å². The lowest BCUT2D eigenvalue weighted by atomic mass is 9.92. The Hall–Kier alpha value is -2.01. The van der Waals surface area contributed by atoms with E-state index in [1.54, 1.807) is 26.2 Å². The van der Waals surface area contributed by atoms with Crippen molar-refractivity contribution in [2.24, 2.45) is 11.1 Å². The molecule has 1 heterocycles. The van der Waals surface area contributed by atoms with Crippen molar-refractivity contribution >= 4 is 39.6 Å². The van der Waals surface area contributed by atoms with Crippen LogP contribution in [0.1, 0.15) is 13.8 Å². The van der Waals surface area contributed by atoms with Crippen LogP contribution in [-0.4, -0.2) is 15.9 Å². The van der Waals surface area contributed by atoms with E-state index in [0.717, 1.165) is 16.5 Å². The van der Waals surface area contributed by atoms with Gasteiger partial charge >= 0.3 is 0 Å². The highest BCUT2D eigenvalue weighted by molar-refractivity contribution is 7.80. The van der Waals surface area contributed by atoms with Crippen LogP contribution in [0.3, 0.4) is 0 Å². The smallest absolute Gasteiger partial charge is 0.236 e. The molecule has 19 heavy (non-hydrogen) atoms. The van der Waals surface area contributed by atoms with Gasteiger partial charge in [0.25, 0.3) is 0 Å². The fraction of sp³-hybridized carbons (Fsp3) is 0.214. The minimum atomic E-state index is -0.884. The van der Waals surface area contributed by atoms with Crippen LogP contribution < -0.4 is 11.1 Å². The highest BCUT2D eigenvalue weighted by atomic mass is 32.1. The minimum Gasteiger partial charge on any atom is -0.392 e. The van der Waals surface area contributed by atoms with Crippen LogP contribution in [0.15, 0.2) is 36.7 Å². The van der Waals surface area contributed by atoms with Crippen LogP contribution in [0.5, 0.6) is 0 Å². The number of benzene rings is 1. The molecule has 2 aromatic rings. The van der Waals surface area contributed by atoms with E-state index in [1.807, 2.05) is 24.3 Å². The molecular formula is C14H15N3OS. The average Bonchev–Trinajstić information content (AvgIpc) is 2.39. The third-order valence-corrected chi connectivity index (χ3v) is 3.62. The maximum atomic E-state index is 12.2. The molecule has 0 aliphatic carbocycles. The Balaban J connectivity index is 2.37. The van der Waals surface area contributed by atoms with E-state index in [4.69, 9.17) is 18.0 Å². The van der Waals surface area contributed by atoms with Crippen LogP contribution in [0.25, 0.3) is 10.8 Å². The Morgan fingerprint density at radius 1 is 1.37 bits per heavy atom. The third kappa shape index (κ3) is 2.56. The molecule has 0 saturated carbocycles. The second-order valence-electron chi connectivity index (χ2n) is 4.85. The maximum Gasteiger partial charge on any atom is 0.236 e. The standard InChI is InChI=1S/C14H15N3OS/c1-14(2,12(15)19)13(18)17-11-5-3-4-9-8-16-7-6-10(9)11/h3-8H,1-2H3,(H2,15,19)(H,17,18). The van der Waals surface area contributed by atoms with E-state index in [2.05, 4.69) is 10.3 Å². The van der Waals surface area contributed by atoms with E-state index < -0.39 is 5.41 Å². The summed E-state index contributed by atoms with van der Waals surface area (Å²) in [5, 5.41) is 4.77. The zero-order valence-corrected chi connectivity index (χ0v) is 11.6. The van der Waals surface area contributed by atoms with Crippen LogP contribution in [0.4, 0.5) is 5.69 Å². The lowest BCUT2D eigenvalue weighted by Crippen LogP contribution is -2.41. The Morgan fingerprint density at radius 3 is 2.79 bits per heavy atom. The maximum absolute atomic E-state index is 12.2. The summed E-state index contributed by atoms with van der Waals surface area (Å²) in [4.78, 5) is 16.5. The van der Waals surface area contributed by atoms with Crippen LogP contribution in [-0.2, 0) is 4.79 Å². The molecule has 98 valence electrons. The molecule has 1 aromatic heterocycles. The molecule has 2 rings (SSSR count). The van der Waals surface area contributed by atoms with Gasteiger partial charge in [-0.05, 0) is 26.0 Å². The summed E-state index contributed by atoms with van der Waals surface area (Å²) in [6.07, 6.45) is 3.44. The average molecular weight is 273 g/mol. The first-order valence-corrected chi connectivity index (χ1v) is 6.28. The fourth-order valence-electron chi connectivity index (χ4n) is 1.62. The van der Waals surface area contributed by atoms with E-state index in [1.165, 1.54) is 0 Å². The third-order valence-electron chi connectivity index (χ3n) is 3.11. The predicted octanol–water partition coefficient (Wildman–Crippen LogP) is 2.49. The van der Waals surface area contributed by atoms with Gasteiger partial charge in [-0.1, -0.05) is 24.4 Å². The molecule has 5 heteroatoms. The molecule has 0 radical (unpaired) electrons. The summed E-state index contributed by atoms with van der Waals surface area (Å²) >= 11 is 4.93.